The van der Waals surface area contributed by atoms with Gasteiger partial charge in [-0.05, 0) is 24.3 Å². The number of nitriles is 1. The van der Waals surface area contributed by atoms with Crippen molar-refractivity contribution in [3.8, 4) is 11.8 Å². The Morgan fingerprint density at radius 3 is 2.72 bits per heavy atom. The molecule has 2 N–H and O–H groups in total. The number of anilines is 1. The van der Waals surface area contributed by atoms with Crippen molar-refractivity contribution in [1.29, 1.82) is 5.26 Å². The lowest BCUT2D eigenvalue weighted by Crippen LogP contribution is -2.28. The Hall–Kier alpha value is -2.22. The van der Waals surface area contributed by atoms with Crippen LogP contribution in [0.2, 0.25) is 0 Å². The van der Waals surface area contributed by atoms with Gasteiger partial charge in [-0.2, -0.15) is 5.26 Å². The van der Waals surface area contributed by atoms with E-state index in [1.54, 1.807) is 31.3 Å². The highest BCUT2D eigenvalue weighted by Crippen LogP contribution is 2.13. The van der Waals surface area contributed by atoms with Crippen LogP contribution in [-0.4, -0.2) is 31.0 Å². The number of benzene rings is 1. The predicted molar refractivity (Wildman–Crippen MR) is 68.8 cm³/mol. The second-order valence-corrected chi connectivity index (χ2v) is 3.89. The molecule has 0 unspecified atom stereocenters. The molecule has 0 bridgehead atoms. The molecule has 0 aliphatic heterocycles. The van der Waals surface area contributed by atoms with E-state index in [4.69, 9.17) is 15.7 Å². The van der Waals surface area contributed by atoms with Crippen molar-refractivity contribution in [2.24, 2.45) is 0 Å². The van der Waals surface area contributed by atoms with Gasteiger partial charge in [0.05, 0.1) is 25.5 Å². The molecule has 0 saturated carbocycles. The molecule has 0 saturated heterocycles. The molecule has 1 aromatic rings. The summed E-state index contributed by atoms with van der Waals surface area (Å²) in [5.41, 5.74) is 6.22. The molecule has 0 radical (unpaired) electrons. The van der Waals surface area contributed by atoms with Crippen LogP contribution in [0.15, 0.2) is 24.3 Å². The van der Waals surface area contributed by atoms with E-state index in [1.165, 1.54) is 4.90 Å². The van der Waals surface area contributed by atoms with Crippen molar-refractivity contribution < 1.29 is 9.53 Å². The molecule has 0 spiro atoms. The van der Waals surface area contributed by atoms with Crippen LogP contribution in [0.5, 0.6) is 5.75 Å². The van der Waals surface area contributed by atoms with Gasteiger partial charge in [-0.1, -0.05) is 0 Å². The molecule has 18 heavy (non-hydrogen) atoms. The number of nitrogens with two attached hydrogens (primary N) is 1. The second kappa shape index (κ2) is 7.17. The van der Waals surface area contributed by atoms with Crippen LogP contribution in [-0.2, 0) is 4.79 Å². The Kier molecular flexibility index (Phi) is 5.52. The number of amides is 1. The van der Waals surface area contributed by atoms with Crippen molar-refractivity contribution in [2.75, 3.05) is 25.9 Å². The van der Waals surface area contributed by atoms with E-state index in [1.807, 2.05) is 6.07 Å². The zero-order valence-electron chi connectivity index (χ0n) is 10.4. The molecule has 1 amide bonds. The normalized spacial score (nSPS) is 9.56. The summed E-state index contributed by atoms with van der Waals surface area (Å²) in [5, 5.41) is 8.42. The Morgan fingerprint density at radius 1 is 1.44 bits per heavy atom. The SMILES string of the molecule is CN(CCC#N)C(=O)CCOc1ccc(N)cc1. The summed E-state index contributed by atoms with van der Waals surface area (Å²) >= 11 is 0. The van der Waals surface area contributed by atoms with E-state index in [0.29, 0.717) is 37.4 Å². The third-order valence-electron chi connectivity index (χ3n) is 2.45. The van der Waals surface area contributed by atoms with Crippen molar-refractivity contribution >= 4 is 11.6 Å². The molecule has 96 valence electrons. The predicted octanol–water partition coefficient (Wildman–Crippen LogP) is 1.41. The highest BCUT2D eigenvalue weighted by Gasteiger charge is 2.08. The molecular weight excluding hydrogens is 230 g/mol. The Bertz CT molecular complexity index is 423. The smallest absolute Gasteiger partial charge is 0.225 e. The van der Waals surface area contributed by atoms with Gasteiger partial charge in [0.15, 0.2) is 0 Å². The largest absolute Gasteiger partial charge is 0.493 e. The maximum absolute atomic E-state index is 11.6. The summed E-state index contributed by atoms with van der Waals surface area (Å²) in [7, 11) is 1.68. The van der Waals surface area contributed by atoms with Crippen molar-refractivity contribution in [3.63, 3.8) is 0 Å². The number of ether oxygens (including phenoxy) is 1. The molecule has 0 fully saturated rings. The molecule has 0 aliphatic rings. The summed E-state index contributed by atoms with van der Waals surface area (Å²) in [6.45, 7) is 0.775. The molecule has 5 nitrogen and oxygen atoms in total. The number of carbonyl (C=O) groups is 1. The Labute approximate surface area is 107 Å². The molecule has 1 aromatic carbocycles. The van der Waals surface area contributed by atoms with Gasteiger partial charge in [0.25, 0.3) is 0 Å². The van der Waals surface area contributed by atoms with Crippen LogP contribution in [0.25, 0.3) is 0 Å². The highest BCUT2D eigenvalue weighted by molar-refractivity contribution is 5.75. The van der Waals surface area contributed by atoms with E-state index < -0.39 is 0 Å². The number of hydrogen-bond donors (Lipinski definition) is 1. The summed E-state index contributed by atoms with van der Waals surface area (Å²) in [6, 6.07) is 9.02. The lowest BCUT2D eigenvalue weighted by molar-refractivity contribution is -0.130. The van der Waals surface area contributed by atoms with Crippen LogP contribution < -0.4 is 10.5 Å². The van der Waals surface area contributed by atoms with Gasteiger partial charge in [-0.3, -0.25) is 4.79 Å². The third kappa shape index (κ3) is 4.74. The van der Waals surface area contributed by atoms with E-state index >= 15 is 0 Å². The lowest BCUT2D eigenvalue weighted by Gasteiger charge is -2.15. The first-order chi connectivity index (χ1) is 8.63. The highest BCUT2D eigenvalue weighted by atomic mass is 16.5. The molecule has 0 aromatic heterocycles. The fourth-order valence-electron chi connectivity index (χ4n) is 1.35. The number of carbonyl (C=O) groups excluding carboxylic acids is 1. The molecular formula is C13H17N3O2. The molecule has 5 heteroatoms. The monoisotopic (exact) mass is 247 g/mol. The fraction of sp³-hybridized carbons (Fsp3) is 0.385. The van der Waals surface area contributed by atoms with Gasteiger partial charge in [0.2, 0.25) is 5.91 Å². The van der Waals surface area contributed by atoms with Crippen LogP contribution in [0.1, 0.15) is 12.8 Å². The van der Waals surface area contributed by atoms with Crippen molar-refractivity contribution in [2.45, 2.75) is 12.8 Å². The van der Waals surface area contributed by atoms with Crippen LogP contribution in [0, 0.1) is 11.3 Å². The van der Waals surface area contributed by atoms with Gasteiger partial charge < -0.3 is 15.4 Å². The van der Waals surface area contributed by atoms with Crippen LogP contribution >= 0.6 is 0 Å². The van der Waals surface area contributed by atoms with E-state index in [2.05, 4.69) is 0 Å². The van der Waals surface area contributed by atoms with E-state index in [0.717, 1.165) is 0 Å². The molecule has 0 heterocycles. The summed E-state index contributed by atoms with van der Waals surface area (Å²) in [5.74, 6) is 0.664. The zero-order valence-corrected chi connectivity index (χ0v) is 10.4. The van der Waals surface area contributed by atoms with Crippen molar-refractivity contribution in [1.82, 2.24) is 4.90 Å². The zero-order chi connectivity index (χ0) is 13.4. The molecule has 0 atom stereocenters. The fourth-order valence-corrected chi connectivity index (χ4v) is 1.35. The molecule has 0 aliphatic carbocycles. The van der Waals surface area contributed by atoms with Gasteiger partial charge in [-0.15, -0.1) is 0 Å². The van der Waals surface area contributed by atoms with Gasteiger partial charge in [0, 0.05) is 19.3 Å². The van der Waals surface area contributed by atoms with Crippen LogP contribution in [0.4, 0.5) is 5.69 Å². The van der Waals surface area contributed by atoms with Crippen LogP contribution in [0.3, 0.4) is 0 Å². The minimum absolute atomic E-state index is 0.0271. The van der Waals surface area contributed by atoms with Gasteiger partial charge in [-0.25, -0.2) is 0 Å². The lowest BCUT2D eigenvalue weighted by atomic mass is 10.3. The topological polar surface area (TPSA) is 79.3 Å². The minimum Gasteiger partial charge on any atom is -0.493 e. The van der Waals surface area contributed by atoms with Gasteiger partial charge >= 0.3 is 0 Å². The third-order valence-corrected chi connectivity index (χ3v) is 2.45. The van der Waals surface area contributed by atoms with E-state index in [-0.39, 0.29) is 5.91 Å². The quantitative estimate of drug-likeness (QED) is 0.771. The Morgan fingerprint density at radius 2 is 2.11 bits per heavy atom. The van der Waals surface area contributed by atoms with E-state index in [9.17, 15) is 4.79 Å². The average Bonchev–Trinajstić information content (AvgIpc) is 2.38. The molecule has 1 rings (SSSR count). The van der Waals surface area contributed by atoms with Crippen molar-refractivity contribution in [3.05, 3.63) is 24.3 Å². The number of nitrogen functional groups attached to an aromatic ring is 1. The summed E-state index contributed by atoms with van der Waals surface area (Å²) in [4.78, 5) is 13.1. The number of rotatable bonds is 6. The first-order valence-corrected chi connectivity index (χ1v) is 5.72. The average molecular weight is 247 g/mol. The maximum atomic E-state index is 11.6. The first kappa shape index (κ1) is 13.8. The number of hydrogen-bond acceptors (Lipinski definition) is 4. The summed E-state index contributed by atoms with van der Waals surface area (Å²) in [6.07, 6.45) is 0.646. The maximum Gasteiger partial charge on any atom is 0.225 e. The standard InChI is InChI=1S/C13H17N3O2/c1-16(9-2-8-14)13(17)7-10-18-12-5-3-11(15)4-6-12/h3-6H,2,7,9-10,15H2,1H3. The number of nitrogens with zero attached hydrogens (tertiary/aromatic N) is 2. The minimum atomic E-state index is -0.0271. The first-order valence-electron chi connectivity index (χ1n) is 5.72. The summed E-state index contributed by atoms with van der Waals surface area (Å²) < 4.78 is 5.42. The second-order valence-electron chi connectivity index (χ2n) is 3.89. The Balaban J connectivity index is 2.27. The van der Waals surface area contributed by atoms with Gasteiger partial charge in [0.1, 0.15) is 5.75 Å².